The average molecular weight is 987 g/mol. The van der Waals surface area contributed by atoms with Gasteiger partial charge in [0, 0.05) is 63.7 Å². The standard InChI is InChI=1S/C31H40N2O16S6.2K.Na/c1-30(2)24-20-22(51-48-46-14-15-50-49-47-34)8-10-26(24)32(12-16-53(37,38)39)28(30)6-5-7-29-31(3,4)25-21-23(52(35,36)18-19-55(43,44)45)9-11-27(25)33(29)13-17-54(40,41)42;;;/h5-11,20-21H,12-19H2,1-4H3,(H3-,34,37,38,39,40,41,42,43,44,45);;;/q;3*+1/p-3. The molecule has 58 heavy (non-hydrogen) atoms. The Morgan fingerprint density at radius 1 is 0.793 bits per heavy atom. The van der Waals surface area contributed by atoms with Crippen LogP contribution >= 0.6 is 24.1 Å². The predicted octanol–water partition coefficient (Wildman–Crippen LogP) is -7.45. The first-order chi connectivity index (χ1) is 25.4. The van der Waals surface area contributed by atoms with Crippen LogP contribution in [0.15, 0.2) is 70.1 Å². The van der Waals surface area contributed by atoms with E-state index in [-0.39, 0.29) is 163 Å². The maximum atomic E-state index is 13.0. The fourth-order valence-corrected chi connectivity index (χ4v) is 10.3. The molecule has 2 aliphatic heterocycles. The Kier molecular flexibility index (Phi) is 23.8. The monoisotopic (exact) mass is 986 g/mol. The Balaban J connectivity index is 0.00000561. The fraction of sp³-hybridized carbons (Fsp3) is 0.452. The van der Waals surface area contributed by atoms with Crippen molar-refractivity contribution >= 4 is 81.4 Å². The molecule has 18 nitrogen and oxygen atoms in total. The van der Waals surface area contributed by atoms with Crippen molar-refractivity contribution in [3.63, 3.8) is 0 Å². The van der Waals surface area contributed by atoms with Gasteiger partial charge >= 0.3 is 132 Å². The van der Waals surface area contributed by atoms with Gasteiger partial charge in [-0.2, -0.15) is 13.2 Å². The van der Waals surface area contributed by atoms with Crippen LogP contribution in [0.5, 0.6) is 0 Å². The summed E-state index contributed by atoms with van der Waals surface area (Å²) in [6, 6.07) is 9.19. The van der Waals surface area contributed by atoms with Gasteiger partial charge in [-0.05, 0) is 55.8 Å². The van der Waals surface area contributed by atoms with Crippen molar-refractivity contribution in [1.82, 2.24) is 0 Å². The van der Waals surface area contributed by atoms with Crippen LogP contribution in [0.25, 0.3) is 0 Å². The second-order valence-corrected chi connectivity index (χ2v) is 21.5. The molecule has 0 N–H and O–H groups in total. The summed E-state index contributed by atoms with van der Waals surface area (Å²) < 4.78 is 141. The van der Waals surface area contributed by atoms with Crippen LogP contribution in [0.4, 0.5) is 11.4 Å². The number of hydrogen-bond acceptors (Lipinski definition) is 19. The Labute approximate surface area is 454 Å². The minimum Gasteiger partial charge on any atom is -0.748 e. The van der Waals surface area contributed by atoms with E-state index in [1.165, 1.54) is 18.2 Å². The summed E-state index contributed by atoms with van der Waals surface area (Å²) in [4.78, 5) is 6.98. The summed E-state index contributed by atoms with van der Waals surface area (Å²) >= 11 is 1.62. The second-order valence-electron chi connectivity index (χ2n) is 13.2. The van der Waals surface area contributed by atoms with Crippen LogP contribution in [-0.2, 0) is 69.6 Å². The van der Waals surface area contributed by atoms with E-state index < -0.39 is 74.0 Å². The molecule has 0 radical (unpaired) electrons. The van der Waals surface area contributed by atoms with Gasteiger partial charge in [-0.25, -0.2) is 38.6 Å². The van der Waals surface area contributed by atoms with E-state index in [2.05, 4.69) is 9.37 Å². The van der Waals surface area contributed by atoms with E-state index in [4.69, 9.17) is 9.22 Å². The number of hydrogen-bond donors (Lipinski definition) is 0. The zero-order valence-corrected chi connectivity index (χ0v) is 45.9. The molecule has 0 fully saturated rings. The van der Waals surface area contributed by atoms with E-state index in [1.807, 2.05) is 19.9 Å². The smallest absolute Gasteiger partial charge is 0.748 e. The molecule has 0 amide bonds. The molecule has 0 aliphatic carbocycles. The van der Waals surface area contributed by atoms with E-state index in [9.17, 15) is 52.6 Å². The van der Waals surface area contributed by atoms with Crippen molar-refractivity contribution in [3.8, 4) is 0 Å². The van der Waals surface area contributed by atoms with E-state index in [1.54, 1.807) is 53.7 Å². The van der Waals surface area contributed by atoms with Crippen LogP contribution in [-0.4, -0.2) is 106 Å². The summed E-state index contributed by atoms with van der Waals surface area (Å²) in [6.45, 7) is 6.82. The van der Waals surface area contributed by atoms with Crippen LogP contribution in [0, 0.1) is 0 Å². The summed E-state index contributed by atoms with van der Waals surface area (Å²) in [5.41, 5.74) is 1.44. The van der Waals surface area contributed by atoms with Crippen LogP contribution < -0.4 is 142 Å². The van der Waals surface area contributed by atoms with Gasteiger partial charge in [0.25, 0.3) is 0 Å². The number of benzene rings is 2. The quantitative estimate of drug-likeness (QED) is 0.0227. The molecule has 2 aromatic rings. The van der Waals surface area contributed by atoms with Gasteiger partial charge in [0.2, 0.25) is 5.69 Å². The van der Waals surface area contributed by atoms with Crippen LogP contribution in [0.1, 0.15) is 38.8 Å². The molecule has 0 bridgehead atoms. The van der Waals surface area contributed by atoms with E-state index >= 15 is 0 Å². The molecule has 2 heterocycles. The Morgan fingerprint density at radius 3 is 2.03 bits per heavy atom. The minimum absolute atomic E-state index is 0. The van der Waals surface area contributed by atoms with Crippen molar-refractivity contribution in [3.05, 3.63) is 71.5 Å². The van der Waals surface area contributed by atoms with E-state index in [0.29, 0.717) is 33.2 Å². The minimum atomic E-state index is -4.83. The Bertz CT molecular complexity index is 2320. The first-order valence-electron chi connectivity index (χ1n) is 16.1. The summed E-state index contributed by atoms with van der Waals surface area (Å²) in [7, 11) is -18.4. The first kappa shape index (κ1) is 57.9. The van der Waals surface area contributed by atoms with E-state index in [0.717, 1.165) is 29.6 Å². The Morgan fingerprint density at radius 2 is 1.43 bits per heavy atom. The van der Waals surface area contributed by atoms with Gasteiger partial charge in [-0.1, -0.05) is 19.9 Å². The molecule has 4 rings (SSSR count). The molecule has 0 saturated carbocycles. The van der Waals surface area contributed by atoms with Gasteiger partial charge in [0.05, 0.1) is 72.2 Å². The first-order valence-corrected chi connectivity index (χ1v) is 24.1. The number of fused-ring (bicyclic) bond motifs is 2. The summed E-state index contributed by atoms with van der Waals surface area (Å²) in [5.74, 6) is -3.34. The maximum absolute atomic E-state index is 13.0. The van der Waals surface area contributed by atoms with Gasteiger partial charge in [0.1, 0.15) is 10.1 Å². The van der Waals surface area contributed by atoms with Crippen molar-refractivity contribution < 1.29 is 208 Å². The topological polar surface area (TPSA) is 272 Å². The maximum Gasteiger partial charge on any atom is 1.00 e. The molecule has 0 saturated heterocycles. The molecule has 2 aromatic carbocycles. The van der Waals surface area contributed by atoms with Gasteiger partial charge in [-0.15, -0.1) is 0 Å². The molecule has 306 valence electrons. The fourth-order valence-electron chi connectivity index (χ4n) is 6.22. The van der Waals surface area contributed by atoms with Crippen LogP contribution in [0.2, 0.25) is 0 Å². The van der Waals surface area contributed by atoms with Crippen LogP contribution in [0.3, 0.4) is 0 Å². The third-order valence-electron chi connectivity index (χ3n) is 8.83. The van der Waals surface area contributed by atoms with Crippen molar-refractivity contribution in [2.24, 2.45) is 0 Å². The van der Waals surface area contributed by atoms with Crippen molar-refractivity contribution in [1.29, 1.82) is 0 Å². The molecule has 0 atom stereocenters. The summed E-state index contributed by atoms with van der Waals surface area (Å²) in [6.07, 6.45) is 4.97. The van der Waals surface area contributed by atoms with Crippen molar-refractivity contribution in [2.45, 2.75) is 48.3 Å². The summed E-state index contributed by atoms with van der Waals surface area (Å²) in [5, 5.41) is 13.1. The molecule has 0 spiro atoms. The molecular weight excluding hydrogens is 950 g/mol. The molecule has 0 aromatic heterocycles. The molecule has 0 unspecified atom stereocenters. The largest absolute Gasteiger partial charge is 1.00 e. The van der Waals surface area contributed by atoms with Gasteiger partial charge < -0.3 is 23.8 Å². The number of nitrogens with zero attached hydrogens (tertiary/aromatic N) is 2. The zero-order chi connectivity index (χ0) is 41.0. The third kappa shape index (κ3) is 16.1. The number of allylic oxidation sites excluding steroid dienone is 4. The molecular formula is C31H37K2N2NaO16S6. The Hall–Kier alpha value is 1.84. The normalized spacial score (nSPS) is 16.8. The predicted molar refractivity (Wildman–Crippen MR) is 197 cm³/mol. The number of rotatable bonds is 20. The number of sulfone groups is 1. The average Bonchev–Trinajstić information content (AvgIpc) is 3.41. The van der Waals surface area contributed by atoms with Gasteiger partial charge in [0.15, 0.2) is 22.1 Å². The molecule has 2 aliphatic rings. The molecule has 27 heteroatoms. The van der Waals surface area contributed by atoms with Crippen molar-refractivity contribution in [2.75, 3.05) is 53.4 Å². The SMILES string of the molecule is CC1(C)C(C=C/C=C2/N(CCS(=O)(=O)[O-])c3ccc(S(=O)(=O)CCS(=O)(=O)[O-])cc3C2(C)C)=[N+](CCS(=O)(=O)[O-])c2ccc(SOOCCSOO[O-])cc21.[K+].[K+].[Na+]. The zero-order valence-electron chi connectivity index (χ0n) is 32.7. The third-order valence-corrected chi connectivity index (χ3v) is 14.0. The van der Waals surface area contributed by atoms with Gasteiger partial charge in [-0.3, -0.25) is 5.04 Å². The number of anilines is 1. The second kappa shape index (κ2) is 23.9.